The highest BCUT2D eigenvalue weighted by atomic mass is 16.5. The maximum atomic E-state index is 11.4. The number of benzene rings is 1. The van der Waals surface area contributed by atoms with Crippen molar-refractivity contribution < 1.29 is 9.32 Å². The molecule has 0 radical (unpaired) electrons. The van der Waals surface area contributed by atoms with Gasteiger partial charge in [0.1, 0.15) is 6.42 Å². The standard InChI is InChI=1S/C10H6N2O2/c11-6-5-8(13)10-7-3-1-2-4-9(7)14-12-10/h1-4H,5H2. The lowest BCUT2D eigenvalue weighted by atomic mass is 10.1. The number of aromatic nitrogens is 1. The molecule has 0 fully saturated rings. The summed E-state index contributed by atoms with van der Waals surface area (Å²) in [6.07, 6.45) is -0.170. The van der Waals surface area contributed by atoms with E-state index in [9.17, 15) is 4.79 Å². The Morgan fingerprint density at radius 2 is 2.29 bits per heavy atom. The average Bonchev–Trinajstić information content (AvgIpc) is 2.61. The van der Waals surface area contributed by atoms with Crippen LogP contribution in [0.5, 0.6) is 0 Å². The molecule has 4 nitrogen and oxygen atoms in total. The number of hydrogen-bond donors (Lipinski definition) is 0. The molecule has 68 valence electrons. The minimum absolute atomic E-state index is 0.170. The smallest absolute Gasteiger partial charge is 0.199 e. The number of carbonyl (C=O) groups is 1. The largest absolute Gasteiger partial charge is 0.356 e. The summed E-state index contributed by atoms with van der Waals surface area (Å²) in [5.74, 6) is -0.308. The van der Waals surface area contributed by atoms with Crippen LogP contribution in [0.4, 0.5) is 0 Å². The van der Waals surface area contributed by atoms with Crippen molar-refractivity contribution in [2.75, 3.05) is 0 Å². The fourth-order valence-corrected chi connectivity index (χ4v) is 1.24. The van der Waals surface area contributed by atoms with Crippen molar-refractivity contribution >= 4 is 16.8 Å². The van der Waals surface area contributed by atoms with E-state index < -0.39 is 0 Å². The number of carbonyl (C=O) groups excluding carboxylic acids is 1. The van der Waals surface area contributed by atoms with Gasteiger partial charge in [0.05, 0.1) is 11.5 Å². The van der Waals surface area contributed by atoms with Crippen LogP contribution in [0.1, 0.15) is 16.9 Å². The third-order valence-electron chi connectivity index (χ3n) is 1.88. The predicted molar refractivity (Wildman–Crippen MR) is 48.6 cm³/mol. The Balaban J connectivity index is 2.54. The van der Waals surface area contributed by atoms with Crippen LogP contribution < -0.4 is 0 Å². The molecule has 4 heteroatoms. The zero-order valence-corrected chi connectivity index (χ0v) is 7.23. The lowest BCUT2D eigenvalue weighted by molar-refractivity contribution is 0.0990. The second-order valence-electron chi connectivity index (χ2n) is 2.79. The van der Waals surface area contributed by atoms with Gasteiger partial charge in [0.2, 0.25) is 0 Å². The quantitative estimate of drug-likeness (QED) is 0.672. The highest BCUT2D eigenvalue weighted by Crippen LogP contribution is 2.18. The maximum absolute atomic E-state index is 11.4. The minimum atomic E-state index is -0.308. The molecular weight excluding hydrogens is 180 g/mol. The molecular formula is C10H6N2O2. The number of rotatable bonds is 2. The molecule has 0 unspecified atom stereocenters. The number of ketones is 1. The number of hydrogen-bond acceptors (Lipinski definition) is 4. The lowest BCUT2D eigenvalue weighted by Crippen LogP contribution is -1.97. The van der Waals surface area contributed by atoms with Crippen LogP contribution >= 0.6 is 0 Å². The number of para-hydroxylation sites is 1. The molecule has 0 spiro atoms. The number of nitriles is 1. The summed E-state index contributed by atoms with van der Waals surface area (Å²) in [7, 11) is 0. The van der Waals surface area contributed by atoms with Crippen LogP contribution in [-0.4, -0.2) is 10.9 Å². The van der Waals surface area contributed by atoms with Gasteiger partial charge in [-0.15, -0.1) is 0 Å². The molecule has 2 rings (SSSR count). The van der Waals surface area contributed by atoms with Crippen molar-refractivity contribution in [2.45, 2.75) is 6.42 Å². The van der Waals surface area contributed by atoms with E-state index in [1.165, 1.54) is 0 Å². The summed E-state index contributed by atoms with van der Waals surface area (Å²) in [5.41, 5.74) is 0.802. The van der Waals surface area contributed by atoms with Crippen molar-refractivity contribution in [3.63, 3.8) is 0 Å². The first-order valence-electron chi connectivity index (χ1n) is 4.07. The van der Waals surface area contributed by atoms with Crippen molar-refractivity contribution in [1.29, 1.82) is 5.26 Å². The highest BCUT2D eigenvalue weighted by Gasteiger charge is 2.14. The van der Waals surface area contributed by atoms with Crippen molar-refractivity contribution in [2.24, 2.45) is 0 Å². The molecule has 1 heterocycles. The molecule has 1 aromatic heterocycles. The fraction of sp³-hybridized carbons (Fsp3) is 0.100. The van der Waals surface area contributed by atoms with Gasteiger partial charge in [-0.25, -0.2) is 0 Å². The average molecular weight is 186 g/mol. The number of nitrogens with zero attached hydrogens (tertiary/aromatic N) is 2. The van der Waals surface area contributed by atoms with Crippen LogP contribution in [0.15, 0.2) is 28.8 Å². The van der Waals surface area contributed by atoms with Crippen molar-refractivity contribution in [3.8, 4) is 6.07 Å². The van der Waals surface area contributed by atoms with Crippen LogP contribution in [-0.2, 0) is 0 Å². The first-order chi connectivity index (χ1) is 6.83. The summed E-state index contributed by atoms with van der Waals surface area (Å²) in [5, 5.41) is 12.7. The maximum Gasteiger partial charge on any atom is 0.199 e. The van der Waals surface area contributed by atoms with E-state index in [1.54, 1.807) is 30.3 Å². The van der Waals surface area contributed by atoms with E-state index in [0.717, 1.165) is 0 Å². The molecule has 1 aromatic carbocycles. The summed E-state index contributed by atoms with van der Waals surface area (Å²) in [4.78, 5) is 11.4. The van der Waals surface area contributed by atoms with Gasteiger partial charge in [-0.2, -0.15) is 5.26 Å². The Bertz CT molecular complexity index is 522. The Morgan fingerprint density at radius 3 is 3.07 bits per heavy atom. The van der Waals surface area contributed by atoms with Gasteiger partial charge in [0.25, 0.3) is 0 Å². The molecule has 2 aromatic rings. The second kappa shape index (κ2) is 3.30. The van der Waals surface area contributed by atoms with E-state index in [1.807, 2.05) is 0 Å². The monoisotopic (exact) mass is 186 g/mol. The number of Topliss-reactive ketones (excluding diaryl/α,β-unsaturated/α-hetero) is 1. The fourth-order valence-electron chi connectivity index (χ4n) is 1.24. The van der Waals surface area contributed by atoms with Crippen LogP contribution in [0.25, 0.3) is 11.0 Å². The van der Waals surface area contributed by atoms with E-state index >= 15 is 0 Å². The molecule has 0 bridgehead atoms. The van der Waals surface area contributed by atoms with Gasteiger partial charge in [0.15, 0.2) is 17.1 Å². The van der Waals surface area contributed by atoms with Crippen molar-refractivity contribution in [3.05, 3.63) is 30.0 Å². The van der Waals surface area contributed by atoms with Gasteiger partial charge in [-0.1, -0.05) is 17.3 Å². The first kappa shape index (κ1) is 8.45. The topological polar surface area (TPSA) is 66.9 Å². The van der Waals surface area contributed by atoms with Gasteiger partial charge in [-0.3, -0.25) is 4.79 Å². The predicted octanol–water partition coefficient (Wildman–Crippen LogP) is 1.92. The highest BCUT2D eigenvalue weighted by molar-refractivity contribution is 6.05. The van der Waals surface area contributed by atoms with Gasteiger partial charge >= 0.3 is 0 Å². The zero-order chi connectivity index (χ0) is 9.97. The Labute approximate surface area is 79.7 Å². The molecule has 14 heavy (non-hydrogen) atoms. The van der Waals surface area contributed by atoms with Crippen molar-refractivity contribution in [1.82, 2.24) is 5.16 Å². The third-order valence-corrected chi connectivity index (χ3v) is 1.88. The normalized spacial score (nSPS) is 9.93. The van der Waals surface area contributed by atoms with E-state index in [2.05, 4.69) is 5.16 Å². The Kier molecular flexibility index (Phi) is 1.99. The SMILES string of the molecule is N#CCC(=O)c1noc2ccccc12. The van der Waals surface area contributed by atoms with Crippen LogP contribution in [0.2, 0.25) is 0 Å². The zero-order valence-electron chi connectivity index (χ0n) is 7.23. The van der Waals surface area contributed by atoms with Crippen LogP contribution in [0.3, 0.4) is 0 Å². The molecule has 0 N–H and O–H groups in total. The molecule has 0 aliphatic heterocycles. The summed E-state index contributed by atoms with van der Waals surface area (Å²) in [6, 6.07) is 8.86. The molecule has 0 aliphatic rings. The van der Waals surface area contributed by atoms with Crippen LogP contribution in [0, 0.1) is 11.3 Å². The Hall–Kier alpha value is -2.15. The number of fused-ring (bicyclic) bond motifs is 1. The molecule has 0 aliphatic carbocycles. The van der Waals surface area contributed by atoms with E-state index in [4.69, 9.17) is 9.78 Å². The Morgan fingerprint density at radius 1 is 1.50 bits per heavy atom. The molecule has 0 amide bonds. The summed E-state index contributed by atoms with van der Waals surface area (Å²) >= 11 is 0. The molecule has 0 saturated carbocycles. The van der Waals surface area contributed by atoms with E-state index in [0.29, 0.717) is 11.0 Å². The summed E-state index contributed by atoms with van der Waals surface area (Å²) < 4.78 is 4.94. The van der Waals surface area contributed by atoms with Gasteiger partial charge in [0, 0.05) is 0 Å². The molecule has 0 saturated heterocycles. The summed E-state index contributed by atoms with van der Waals surface area (Å²) in [6.45, 7) is 0. The van der Waals surface area contributed by atoms with Gasteiger partial charge in [-0.05, 0) is 12.1 Å². The third kappa shape index (κ3) is 1.25. The second-order valence-corrected chi connectivity index (χ2v) is 2.79. The van der Waals surface area contributed by atoms with Gasteiger partial charge < -0.3 is 4.52 Å². The first-order valence-corrected chi connectivity index (χ1v) is 4.07. The minimum Gasteiger partial charge on any atom is -0.356 e. The van der Waals surface area contributed by atoms with E-state index in [-0.39, 0.29) is 17.9 Å². The molecule has 0 atom stereocenters. The lowest BCUT2D eigenvalue weighted by Gasteiger charge is -1.88.